The van der Waals surface area contributed by atoms with E-state index in [1.165, 1.54) is 31.1 Å². The molecule has 1 aliphatic carbocycles. The van der Waals surface area contributed by atoms with E-state index in [9.17, 15) is 14.9 Å². The number of carbonyl (C=O) groups excluding carboxylic acids is 1. The number of nitrogens with one attached hydrogen (secondary N) is 1. The quantitative estimate of drug-likeness (QED) is 0.399. The zero-order chi connectivity index (χ0) is 15.1. The minimum atomic E-state index is -0.442. The van der Waals surface area contributed by atoms with Gasteiger partial charge in [-0.05, 0) is 25.0 Å². The van der Waals surface area contributed by atoms with Crippen molar-refractivity contribution in [2.45, 2.75) is 44.6 Å². The molecule has 0 bridgehead atoms. The molecule has 21 heavy (non-hydrogen) atoms. The number of amides is 1. The highest BCUT2D eigenvalue weighted by Gasteiger charge is 2.14. The van der Waals surface area contributed by atoms with Crippen LogP contribution in [0.25, 0.3) is 6.08 Å². The molecular weight excluding hydrogens is 268 g/mol. The molecule has 1 aromatic rings. The molecule has 0 aromatic heterocycles. The maximum atomic E-state index is 11.9. The zero-order valence-corrected chi connectivity index (χ0v) is 12.0. The summed E-state index contributed by atoms with van der Waals surface area (Å²) in [5.41, 5.74) is 0.453. The third-order valence-corrected chi connectivity index (χ3v) is 3.75. The van der Waals surface area contributed by atoms with E-state index in [1.54, 1.807) is 18.2 Å². The first-order valence-corrected chi connectivity index (χ1v) is 7.39. The fourth-order valence-corrected chi connectivity index (χ4v) is 2.63. The lowest BCUT2D eigenvalue weighted by Gasteiger charge is -2.14. The van der Waals surface area contributed by atoms with Gasteiger partial charge in [-0.1, -0.05) is 37.8 Å². The van der Waals surface area contributed by atoms with Crippen molar-refractivity contribution in [2.75, 3.05) is 0 Å². The topological polar surface area (TPSA) is 72.2 Å². The monoisotopic (exact) mass is 288 g/mol. The minimum absolute atomic E-state index is 0.0102. The molecule has 0 atom stereocenters. The summed E-state index contributed by atoms with van der Waals surface area (Å²) >= 11 is 0. The Morgan fingerprint density at radius 1 is 1.19 bits per heavy atom. The first kappa shape index (κ1) is 15.2. The van der Waals surface area contributed by atoms with Crippen LogP contribution in [0.4, 0.5) is 5.69 Å². The van der Waals surface area contributed by atoms with E-state index in [1.807, 2.05) is 0 Å². The first-order valence-electron chi connectivity index (χ1n) is 7.39. The summed E-state index contributed by atoms with van der Waals surface area (Å²) in [6.07, 6.45) is 9.70. The number of nitro groups is 1. The van der Waals surface area contributed by atoms with Gasteiger partial charge in [-0.2, -0.15) is 0 Å². The van der Waals surface area contributed by atoms with Crippen LogP contribution < -0.4 is 5.32 Å². The van der Waals surface area contributed by atoms with Crippen LogP contribution in [-0.2, 0) is 4.79 Å². The number of carbonyl (C=O) groups is 1. The highest BCUT2D eigenvalue weighted by molar-refractivity contribution is 5.92. The lowest BCUT2D eigenvalue weighted by Crippen LogP contribution is -2.33. The van der Waals surface area contributed by atoms with Crippen LogP contribution >= 0.6 is 0 Å². The SMILES string of the molecule is O=C(C=Cc1ccccc1[N+](=O)[O-])NC1CCCCCC1. The molecule has 0 unspecified atom stereocenters. The van der Waals surface area contributed by atoms with Crippen molar-refractivity contribution in [1.82, 2.24) is 5.32 Å². The van der Waals surface area contributed by atoms with Gasteiger partial charge in [0.25, 0.3) is 5.69 Å². The molecule has 1 fully saturated rings. The number of para-hydroxylation sites is 1. The minimum Gasteiger partial charge on any atom is -0.350 e. The molecule has 1 saturated carbocycles. The highest BCUT2D eigenvalue weighted by atomic mass is 16.6. The van der Waals surface area contributed by atoms with Crippen LogP contribution in [0.1, 0.15) is 44.1 Å². The van der Waals surface area contributed by atoms with E-state index in [4.69, 9.17) is 0 Å². The van der Waals surface area contributed by atoms with Gasteiger partial charge in [0.15, 0.2) is 0 Å². The van der Waals surface area contributed by atoms with E-state index in [0.29, 0.717) is 5.56 Å². The summed E-state index contributed by atoms with van der Waals surface area (Å²) in [6.45, 7) is 0. The Labute approximate surface area is 124 Å². The Balaban J connectivity index is 1.97. The normalized spacial score (nSPS) is 16.6. The van der Waals surface area contributed by atoms with Gasteiger partial charge in [-0.15, -0.1) is 0 Å². The highest BCUT2D eigenvalue weighted by Crippen LogP contribution is 2.19. The van der Waals surface area contributed by atoms with Crippen molar-refractivity contribution in [3.05, 3.63) is 46.0 Å². The van der Waals surface area contributed by atoms with Gasteiger partial charge in [-0.3, -0.25) is 14.9 Å². The Kier molecular flexibility index (Phi) is 5.49. The molecular formula is C16H20N2O3. The summed E-state index contributed by atoms with van der Waals surface area (Å²) in [5.74, 6) is -0.181. The van der Waals surface area contributed by atoms with Gasteiger partial charge >= 0.3 is 0 Å². The van der Waals surface area contributed by atoms with E-state index < -0.39 is 4.92 Å². The standard InChI is InChI=1S/C16H20N2O3/c19-16(17-14-8-3-1-2-4-9-14)12-11-13-7-5-6-10-15(13)18(20)21/h5-7,10-12,14H,1-4,8-9H2,(H,17,19). The van der Waals surface area contributed by atoms with Gasteiger partial charge < -0.3 is 5.32 Å². The fourth-order valence-electron chi connectivity index (χ4n) is 2.63. The smallest absolute Gasteiger partial charge is 0.276 e. The van der Waals surface area contributed by atoms with Gasteiger partial charge in [0.1, 0.15) is 0 Å². The zero-order valence-electron chi connectivity index (χ0n) is 12.0. The van der Waals surface area contributed by atoms with Gasteiger partial charge in [0.05, 0.1) is 10.5 Å². The summed E-state index contributed by atoms with van der Waals surface area (Å²) in [6, 6.07) is 6.63. The van der Waals surface area contributed by atoms with Crippen LogP contribution in [0, 0.1) is 10.1 Å². The lowest BCUT2D eigenvalue weighted by molar-refractivity contribution is -0.385. The molecule has 0 radical (unpaired) electrons. The second kappa shape index (κ2) is 7.57. The van der Waals surface area contributed by atoms with Crippen molar-refractivity contribution in [3.8, 4) is 0 Å². The van der Waals surface area contributed by atoms with E-state index >= 15 is 0 Å². The predicted molar refractivity (Wildman–Crippen MR) is 81.8 cm³/mol. The summed E-state index contributed by atoms with van der Waals surface area (Å²) in [4.78, 5) is 22.4. The number of nitrogens with zero attached hydrogens (tertiary/aromatic N) is 1. The second-order valence-corrected chi connectivity index (χ2v) is 5.35. The van der Waals surface area contributed by atoms with Crippen molar-refractivity contribution in [1.29, 1.82) is 0 Å². The summed E-state index contributed by atoms with van der Waals surface area (Å²) < 4.78 is 0. The van der Waals surface area contributed by atoms with Crippen molar-refractivity contribution in [2.24, 2.45) is 0 Å². The van der Waals surface area contributed by atoms with Crippen LogP contribution in [0.3, 0.4) is 0 Å². The maximum absolute atomic E-state index is 11.9. The van der Waals surface area contributed by atoms with Crippen molar-refractivity contribution in [3.63, 3.8) is 0 Å². The molecule has 1 aliphatic rings. The number of hydrogen-bond donors (Lipinski definition) is 1. The van der Waals surface area contributed by atoms with Crippen LogP contribution in [0.5, 0.6) is 0 Å². The Morgan fingerprint density at radius 2 is 1.86 bits per heavy atom. The van der Waals surface area contributed by atoms with Crippen LogP contribution in [0.15, 0.2) is 30.3 Å². The molecule has 1 N–H and O–H groups in total. The second-order valence-electron chi connectivity index (χ2n) is 5.35. The fraction of sp³-hybridized carbons (Fsp3) is 0.438. The number of benzene rings is 1. The molecule has 0 heterocycles. The summed E-state index contributed by atoms with van der Waals surface area (Å²) in [7, 11) is 0. The molecule has 0 saturated heterocycles. The molecule has 112 valence electrons. The average molecular weight is 288 g/mol. The number of hydrogen-bond acceptors (Lipinski definition) is 3. The van der Waals surface area contributed by atoms with E-state index in [-0.39, 0.29) is 17.6 Å². The Hall–Kier alpha value is -2.17. The predicted octanol–water partition coefficient (Wildman–Crippen LogP) is 3.45. The van der Waals surface area contributed by atoms with Crippen molar-refractivity contribution < 1.29 is 9.72 Å². The molecule has 5 heteroatoms. The van der Waals surface area contributed by atoms with Crippen LogP contribution in [0.2, 0.25) is 0 Å². The van der Waals surface area contributed by atoms with Crippen LogP contribution in [-0.4, -0.2) is 16.9 Å². The number of rotatable bonds is 4. The summed E-state index contributed by atoms with van der Waals surface area (Å²) in [5, 5.41) is 13.9. The van der Waals surface area contributed by atoms with Gasteiger partial charge in [0, 0.05) is 18.2 Å². The average Bonchev–Trinajstić information content (AvgIpc) is 2.74. The van der Waals surface area contributed by atoms with Gasteiger partial charge in [-0.25, -0.2) is 0 Å². The Morgan fingerprint density at radius 3 is 2.52 bits per heavy atom. The third kappa shape index (κ3) is 4.70. The lowest BCUT2D eigenvalue weighted by atomic mass is 10.1. The maximum Gasteiger partial charge on any atom is 0.276 e. The van der Waals surface area contributed by atoms with Gasteiger partial charge in [0.2, 0.25) is 5.91 Å². The largest absolute Gasteiger partial charge is 0.350 e. The van der Waals surface area contributed by atoms with E-state index in [2.05, 4.69) is 5.32 Å². The molecule has 2 rings (SSSR count). The molecule has 5 nitrogen and oxygen atoms in total. The molecule has 1 aromatic carbocycles. The Bertz CT molecular complexity index is 532. The third-order valence-electron chi connectivity index (χ3n) is 3.75. The number of nitro benzene ring substituents is 1. The molecule has 1 amide bonds. The van der Waals surface area contributed by atoms with E-state index in [0.717, 1.165) is 25.7 Å². The molecule has 0 aliphatic heterocycles. The molecule has 0 spiro atoms. The first-order chi connectivity index (χ1) is 10.2. The van der Waals surface area contributed by atoms with Crippen molar-refractivity contribution >= 4 is 17.7 Å².